The van der Waals surface area contributed by atoms with E-state index in [-0.39, 0.29) is 35.2 Å². The van der Waals surface area contributed by atoms with Gasteiger partial charge in [-0.05, 0) is 18.6 Å². The third-order valence-corrected chi connectivity index (χ3v) is 2.96. The average molecular weight is 414 g/mol. The average Bonchev–Trinajstić information content (AvgIpc) is 2.75. The molecule has 2 aromatic carbocycles. The zero-order chi connectivity index (χ0) is 21.0. The number of rotatable bonds is 6. The van der Waals surface area contributed by atoms with Crippen LogP contribution in [-0.2, 0) is 18.9 Å². The first-order valence-electron chi connectivity index (χ1n) is 8.07. The van der Waals surface area contributed by atoms with Gasteiger partial charge in [0.2, 0.25) is 0 Å². The molecule has 7 nitrogen and oxygen atoms in total. The number of benzene rings is 2. The van der Waals surface area contributed by atoms with E-state index in [0.29, 0.717) is 11.4 Å². The molecule has 0 aliphatic carbocycles. The molecule has 0 spiro atoms. The van der Waals surface area contributed by atoms with Crippen LogP contribution >= 0.6 is 0 Å². The zero-order valence-electron chi connectivity index (χ0n) is 16.2. The molecule has 7 heteroatoms. The number of ether oxygens (including phenoxy) is 4. The highest BCUT2D eigenvalue weighted by atomic mass is 16.8. The Kier molecular flexibility index (Phi) is 23.1. The van der Waals surface area contributed by atoms with Crippen LogP contribution in [-0.4, -0.2) is 34.6 Å². The van der Waals surface area contributed by atoms with Crippen LogP contribution in [0.15, 0.2) is 48.5 Å². The van der Waals surface area contributed by atoms with E-state index >= 15 is 0 Å². The first-order valence-corrected chi connectivity index (χ1v) is 8.07. The molecule has 0 N–H and O–H groups in total. The van der Waals surface area contributed by atoms with E-state index in [4.69, 9.17) is 27.9 Å². The van der Waals surface area contributed by atoms with Gasteiger partial charge < -0.3 is 18.9 Å². The molecule has 2 aromatic rings. The van der Waals surface area contributed by atoms with Gasteiger partial charge in [0, 0.05) is 14.2 Å². The molecule has 0 saturated heterocycles. The number of para-hydroxylation sites is 2. The van der Waals surface area contributed by atoms with Crippen LogP contribution in [0.3, 0.4) is 0 Å². The standard InChI is InChI=1S/C8H4N2.C8H7N.C5H12O4.2CH4/c1-9-7-5-3-4-6-8(7)10-2;1-7-4-2-3-5-8(7)6-9;1-6-3-8-5-9-4-7-2;;/h3-6H;2-5H,1H3;3-5H2,1-2H3;2*1H4. The van der Waals surface area contributed by atoms with Crippen LogP contribution in [0.4, 0.5) is 11.4 Å². The van der Waals surface area contributed by atoms with Gasteiger partial charge >= 0.3 is 0 Å². The molecule has 162 valence electrons. The lowest BCUT2D eigenvalue weighted by molar-refractivity contribution is -0.157. The van der Waals surface area contributed by atoms with Crippen molar-refractivity contribution in [1.29, 1.82) is 5.26 Å². The normalized spacial score (nSPS) is 8.13. The Hall–Kier alpha value is -3.25. The third-order valence-electron chi connectivity index (χ3n) is 2.96. The van der Waals surface area contributed by atoms with Gasteiger partial charge in [-0.2, -0.15) is 5.26 Å². The van der Waals surface area contributed by atoms with Crippen LogP contribution in [0.5, 0.6) is 0 Å². The van der Waals surface area contributed by atoms with Crippen molar-refractivity contribution in [3.05, 3.63) is 82.5 Å². The Morgan fingerprint density at radius 3 is 1.57 bits per heavy atom. The van der Waals surface area contributed by atoms with Crippen molar-refractivity contribution in [1.82, 2.24) is 0 Å². The molecule has 0 atom stereocenters. The summed E-state index contributed by atoms with van der Waals surface area (Å²) in [5.41, 5.74) is 2.66. The van der Waals surface area contributed by atoms with E-state index in [2.05, 4.69) is 25.2 Å². The van der Waals surface area contributed by atoms with Crippen LogP contribution < -0.4 is 0 Å². The molecule has 0 bridgehead atoms. The second kappa shape index (κ2) is 22.0. The Morgan fingerprint density at radius 2 is 1.23 bits per heavy atom. The van der Waals surface area contributed by atoms with E-state index < -0.39 is 0 Å². The summed E-state index contributed by atoms with van der Waals surface area (Å²) in [6.07, 6.45) is 0. The minimum Gasteiger partial charge on any atom is -0.359 e. The summed E-state index contributed by atoms with van der Waals surface area (Å²) in [5.74, 6) is 0. The Labute approximate surface area is 181 Å². The quantitative estimate of drug-likeness (QED) is 0.324. The first kappa shape index (κ1) is 31.4. The summed E-state index contributed by atoms with van der Waals surface area (Å²) in [5, 5.41) is 8.47. The van der Waals surface area contributed by atoms with Gasteiger partial charge in [-0.3, -0.25) is 9.69 Å². The fourth-order valence-electron chi connectivity index (χ4n) is 1.65. The van der Waals surface area contributed by atoms with Crippen LogP contribution in [0.1, 0.15) is 26.0 Å². The summed E-state index contributed by atoms with van der Waals surface area (Å²) in [4.78, 5) is 6.36. The second-order valence-electron chi connectivity index (χ2n) is 4.98. The summed E-state index contributed by atoms with van der Waals surface area (Å²) in [6, 6.07) is 16.4. The van der Waals surface area contributed by atoms with Crippen molar-refractivity contribution in [3.63, 3.8) is 0 Å². The predicted molar refractivity (Wildman–Crippen MR) is 119 cm³/mol. The summed E-state index contributed by atoms with van der Waals surface area (Å²) >= 11 is 0. The largest absolute Gasteiger partial charge is 0.359 e. The van der Waals surface area contributed by atoms with Gasteiger partial charge in [0.1, 0.15) is 13.6 Å². The van der Waals surface area contributed by atoms with Gasteiger partial charge in [-0.25, -0.2) is 0 Å². The lowest BCUT2D eigenvalue weighted by atomic mass is 10.1. The second-order valence-corrected chi connectivity index (χ2v) is 4.98. The summed E-state index contributed by atoms with van der Waals surface area (Å²) < 4.78 is 18.7. The monoisotopic (exact) mass is 413 g/mol. The lowest BCUT2D eigenvalue weighted by Crippen LogP contribution is -2.04. The highest BCUT2D eigenvalue weighted by Gasteiger charge is 1.96. The van der Waals surface area contributed by atoms with Crippen molar-refractivity contribution in [3.8, 4) is 6.07 Å². The van der Waals surface area contributed by atoms with Crippen LogP contribution in [0, 0.1) is 31.4 Å². The zero-order valence-corrected chi connectivity index (χ0v) is 16.2. The predicted octanol–water partition coefficient (Wildman–Crippen LogP) is 6.11. The molecular weight excluding hydrogens is 382 g/mol. The number of nitriles is 1. The minimum absolute atomic E-state index is 0. The first-order chi connectivity index (χ1) is 13.6. The van der Waals surface area contributed by atoms with Gasteiger partial charge in [0.15, 0.2) is 18.2 Å². The van der Waals surface area contributed by atoms with E-state index in [1.807, 2.05) is 31.2 Å². The number of aryl methyl sites for hydroxylation is 1. The molecule has 0 amide bonds. The highest BCUT2D eigenvalue weighted by molar-refractivity contribution is 5.69. The molecular formula is C23H31N3O4. The van der Waals surface area contributed by atoms with Crippen molar-refractivity contribution < 1.29 is 18.9 Å². The topological polar surface area (TPSA) is 69.4 Å². The molecule has 0 fully saturated rings. The molecule has 0 unspecified atom stereocenters. The SMILES string of the molecule is C.C.COCOCOCOC.Cc1ccccc1C#N.[C-]#[N+]c1ccccc1[N+]#[C-]. The lowest BCUT2D eigenvalue weighted by Gasteiger charge is -2.01. The van der Waals surface area contributed by atoms with E-state index in [1.165, 1.54) is 0 Å². The molecule has 2 rings (SSSR count). The molecule has 30 heavy (non-hydrogen) atoms. The van der Waals surface area contributed by atoms with Gasteiger partial charge in [0.05, 0.1) is 24.8 Å². The number of methoxy groups -OCH3 is 2. The van der Waals surface area contributed by atoms with Crippen LogP contribution in [0.25, 0.3) is 9.69 Å². The number of nitrogens with zero attached hydrogens (tertiary/aromatic N) is 3. The van der Waals surface area contributed by atoms with Crippen LogP contribution in [0.2, 0.25) is 0 Å². The fraction of sp³-hybridized carbons (Fsp3) is 0.348. The summed E-state index contributed by atoms with van der Waals surface area (Å²) in [7, 11) is 3.10. The van der Waals surface area contributed by atoms with Gasteiger partial charge in [0.25, 0.3) is 0 Å². The smallest absolute Gasteiger partial charge is 0.194 e. The number of hydrogen-bond donors (Lipinski definition) is 0. The minimum atomic E-state index is 0. The maximum absolute atomic E-state index is 8.47. The van der Waals surface area contributed by atoms with Crippen molar-refractivity contribution in [2.24, 2.45) is 0 Å². The Morgan fingerprint density at radius 1 is 0.800 bits per heavy atom. The number of hydrogen-bond acceptors (Lipinski definition) is 5. The molecule has 0 heterocycles. The molecule has 0 aliphatic rings. The summed E-state index contributed by atoms with van der Waals surface area (Å²) in [6.45, 7) is 16.0. The molecule has 0 aliphatic heterocycles. The molecule has 0 saturated carbocycles. The Bertz CT molecular complexity index is 766. The third kappa shape index (κ3) is 14.8. The Balaban J connectivity index is -0.000000354. The fourth-order valence-corrected chi connectivity index (χ4v) is 1.65. The maximum Gasteiger partial charge on any atom is 0.194 e. The van der Waals surface area contributed by atoms with E-state index in [1.54, 1.807) is 38.5 Å². The van der Waals surface area contributed by atoms with Crippen molar-refractivity contribution in [2.75, 3.05) is 34.6 Å². The maximum atomic E-state index is 8.47. The van der Waals surface area contributed by atoms with Gasteiger partial charge in [-0.15, -0.1) is 0 Å². The van der Waals surface area contributed by atoms with E-state index in [9.17, 15) is 0 Å². The molecule has 0 aromatic heterocycles. The highest BCUT2D eigenvalue weighted by Crippen LogP contribution is 2.26. The van der Waals surface area contributed by atoms with Crippen molar-refractivity contribution in [2.45, 2.75) is 21.8 Å². The van der Waals surface area contributed by atoms with Crippen molar-refractivity contribution >= 4 is 11.4 Å². The molecule has 0 radical (unpaired) electrons. The van der Waals surface area contributed by atoms with Gasteiger partial charge in [-0.1, -0.05) is 57.3 Å². The van der Waals surface area contributed by atoms with E-state index in [0.717, 1.165) is 11.1 Å².